The first-order valence-corrected chi connectivity index (χ1v) is 7.21. The first-order chi connectivity index (χ1) is 10.7. The lowest BCUT2D eigenvalue weighted by Gasteiger charge is -2.32. The van der Waals surface area contributed by atoms with Crippen LogP contribution in [-0.4, -0.2) is 40.2 Å². The van der Waals surface area contributed by atoms with Crippen molar-refractivity contribution in [2.45, 2.75) is 18.9 Å². The maximum Gasteiger partial charge on any atom is 0.253 e. The molecule has 1 atom stereocenters. The van der Waals surface area contributed by atoms with Crippen molar-refractivity contribution < 1.29 is 13.9 Å². The zero-order valence-electron chi connectivity index (χ0n) is 12.0. The smallest absolute Gasteiger partial charge is 0.253 e. The Kier molecular flexibility index (Phi) is 4.27. The van der Waals surface area contributed by atoms with E-state index < -0.39 is 0 Å². The molecule has 1 aliphatic heterocycles. The average Bonchev–Trinajstić information content (AvgIpc) is 2.56. The third-order valence-electron chi connectivity index (χ3n) is 3.59. The Morgan fingerprint density at radius 3 is 2.82 bits per heavy atom. The number of hydrogen-bond acceptors (Lipinski definition) is 4. The van der Waals surface area contributed by atoms with Crippen LogP contribution in [0.25, 0.3) is 0 Å². The first-order valence-electron chi connectivity index (χ1n) is 7.21. The van der Waals surface area contributed by atoms with E-state index in [4.69, 9.17) is 4.74 Å². The fraction of sp³-hybridized carbons (Fsp3) is 0.312. The normalized spacial score (nSPS) is 18.0. The molecule has 1 unspecified atom stereocenters. The molecule has 1 aromatic carbocycles. The summed E-state index contributed by atoms with van der Waals surface area (Å²) in [6.07, 6.45) is 3.20. The van der Waals surface area contributed by atoms with Crippen LogP contribution < -0.4 is 4.74 Å². The van der Waals surface area contributed by atoms with E-state index in [1.165, 1.54) is 24.3 Å². The molecule has 1 saturated heterocycles. The third kappa shape index (κ3) is 3.39. The standard InChI is InChI=1S/C16H16FN3O2/c17-13-7-5-12(6-8-13)16(21)20-10-2-3-14(11-20)22-15-4-1-9-18-19-15/h1,4-9,14H,2-3,10-11H2. The fourth-order valence-electron chi connectivity index (χ4n) is 2.51. The molecule has 2 aromatic rings. The summed E-state index contributed by atoms with van der Waals surface area (Å²) in [5.41, 5.74) is 0.488. The number of nitrogens with zero attached hydrogens (tertiary/aromatic N) is 3. The molecule has 1 fully saturated rings. The van der Waals surface area contributed by atoms with E-state index in [-0.39, 0.29) is 17.8 Å². The molecule has 2 heterocycles. The molecule has 1 aliphatic rings. The molecule has 0 aliphatic carbocycles. The van der Waals surface area contributed by atoms with Crippen LogP contribution in [0.5, 0.6) is 5.88 Å². The lowest BCUT2D eigenvalue weighted by molar-refractivity contribution is 0.0525. The quantitative estimate of drug-likeness (QED) is 0.873. The summed E-state index contributed by atoms with van der Waals surface area (Å²) >= 11 is 0. The number of ether oxygens (including phenoxy) is 1. The van der Waals surface area contributed by atoms with E-state index >= 15 is 0 Å². The van der Waals surface area contributed by atoms with Gasteiger partial charge in [0, 0.05) is 24.4 Å². The van der Waals surface area contributed by atoms with Crippen LogP contribution in [0.4, 0.5) is 4.39 Å². The van der Waals surface area contributed by atoms with Gasteiger partial charge in [0.05, 0.1) is 6.54 Å². The van der Waals surface area contributed by atoms with Crippen LogP contribution in [0.1, 0.15) is 23.2 Å². The van der Waals surface area contributed by atoms with Gasteiger partial charge in [-0.25, -0.2) is 4.39 Å². The van der Waals surface area contributed by atoms with Crippen molar-refractivity contribution in [2.75, 3.05) is 13.1 Å². The first kappa shape index (κ1) is 14.4. The van der Waals surface area contributed by atoms with Crippen molar-refractivity contribution in [1.82, 2.24) is 15.1 Å². The van der Waals surface area contributed by atoms with Crippen LogP contribution in [0.15, 0.2) is 42.6 Å². The summed E-state index contributed by atoms with van der Waals surface area (Å²) in [5, 5.41) is 7.66. The molecule has 0 radical (unpaired) electrons. The van der Waals surface area contributed by atoms with Gasteiger partial charge in [-0.1, -0.05) is 0 Å². The van der Waals surface area contributed by atoms with Gasteiger partial charge in [0.1, 0.15) is 11.9 Å². The Morgan fingerprint density at radius 2 is 2.09 bits per heavy atom. The van der Waals surface area contributed by atoms with Gasteiger partial charge in [-0.3, -0.25) is 4.79 Å². The predicted octanol–water partition coefficient (Wildman–Crippen LogP) is 2.30. The lowest BCUT2D eigenvalue weighted by atomic mass is 10.1. The van der Waals surface area contributed by atoms with Crippen LogP contribution in [-0.2, 0) is 0 Å². The fourth-order valence-corrected chi connectivity index (χ4v) is 2.51. The maximum atomic E-state index is 12.9. The van der Waals surface area contributed by atoms with Gasteiger partial charge < -0.3 is 9.64 Å². The minimum absolute atomic E-state index is 0.102. The molecular formula is C16H16FN3O2. The van der Waals surface area contributed by atoms with Crippen molar-refractivity contribution in [2.24, 2.45) is 0 Å². The monoisotopic (exact) mass is 301 g/mol. The second-order valence-electron chi connectivity index (χ2n) is 5.20. The van der Waals surface area contributed by atoms with E-state index in [0.717, 1.165) is 12.8 Å². The molecule has 22 heavy (non-hydrogen) atoms. The van der Waals surface area contributed by atoms with Crippen molar-refractivity contribution in [3.63, 3.8) is 0 Å². The highest BCUT2D eigenvalue weighted by atomic mass is 19.1. The van der Waals surface area contributed by atoms with Gasteiger partial charge in [0.2, 0.25) is 5.88 Å². The van der Waals surface area contributed by atoms with E-state index in [0.29, 0.717) is 24.5 Å². The van der Waals surface area contributed by atoms with Crippen molar-refractivity contribution >= 4 is 5.91 Å². The summed E-state index contributed by atoms with van der Waals surface area (Å²) in [5.74, 6) is 0.00934. The highest BCUT2D eigenvalue weighted by molar-refractivity contribution is 5.94. The minimum Gasteiger partial charge on any atom is -0.471 e. The molecule has 0 saturated carbocycles. The van der Waals surface area contributed by atoms with Crippen molar-refractivity contribution in [3.05, 3.63) is 54.0 Å². The second kappa shape index (κ2) is 6.51. The number of carbonyl (C=O) groups is 1. The third-order valence-corrected chi connectivity index (χ3v) is 3.59. The molecule has 5 nitrogen and oxygen atoms in total. The van der Waals surface area contributed by atoms with Crippen LogP contribution in [0, 0.1) is 5.82 Å². The molecule has 114 valence electrons. The Bertz CT molecular complexity index is 634. The Morgan fingerprint density at radius 1 is 1.27 bits per heavy atom. The summed E-state index contributed by atoms with van der Waals surface area (Å²) in [7, 11) is 0. The number of likely N-dealkylation sites (tertiary alicyclic amines) is 1. The van der Waals surface area contributed by atoms with Gasteiger partial charge in [-0.2, -0.15) is 5.10 Å². The number of halogens is 1. The molecule has 6 heteroatoms. The SMILES string of the molecule is O=C(c1ccc(F)cc1)N1CCCC(Oc2cccnn2)C1. The number of hydrogen-bond donors (Lipinski definition) is 0. The Balaban J connectivity index is 1.65. The number of amides is 1. The van der Waals surface area contributed by atoms with Crippen LogP contribution in [0.3, 0.4) is 0 Å². The second-order valence-corrected chi connectivity index (χ2v) is 5.20. The predicted molar refractivity (Wildman–Crippen MR) is 78.0 cm³/mol. The molecular weight excluding hydrogens is 285 g/mol. The molecule has 3 rings (SSSR count). The van der Waals surface area contributed by atoms with E-state index in [1.807, 2.05) is 0 Å². The van der Waals surface area contributed by atoms with Crippen molar-refractivity contribution in [3.8, 4) is 5.88 Å². The highest BCUT2D eigenvalue weighted by Gasteiger charge is 2.26. The van der Waals surface area contributed by atoms with Gasteiger partial charge in [0.15, 0.2) is 0 Å². The zero-order chi connectivity index (χ0) is 15.4. The largest absolute Gasteiger partial charge is 0.471 e. The molecule has 0 spiro atoms. The minimum atomic E-state index is -0.348. The summed E-state index contributed by atoms with van der Waals surface area (Å²) in [6.45, 7) is 1.17. The van der Waals surface area contributed by atoms with E-state index in [9.17, 15) is 9.18 Å². The molecule has 1 aromatic heterocycles. The number of rotatable bonds is 3. The molecule has 1 amide bonds. The molecule has 0 bridgehead atoms. The van der Waals surface area contributed by atoms with Crippen LogP contribution in [0.2, 0.25) is 0 Å². The Labute approximate surface area is 127 Å². The van der Waals surface area contributed by atoms with Crippen molar-refractivity contribution in [1.29, 1.82) is 0 Å². The summed E-state index contributed by atoms with van der Waals surface area (Å²) in [4.78, 5) is 14.2. The number of piperidine rings is 1. The van der Waals surface area contributed by atoms with Gasteiger partial charge in [-0.15, -0.1) is 5.10 Å². The maximum absolute atomic E-state index is 12.9. The highest BCUT2D eigenvalue weighted by Crippen LogP contribution is 2.18. The number of aromatic nitrogens is 2. The lowest BCUT2D eigenvalue weighted by Crippen LogP contribution is -2.44. The summed E-state index contributed by atoms with van der Waals surface area (Å²) in [6, 6.07) is 9.10. The molecule has 0 N–H and O–H groups in total. The Hall–Kier alpha value is -2.50. The van der Waals surface area contributed by atoms with Gasteiger partial charge in [0.25, 0.3) is 5.91 Å². The zero-order valence-corrected chi connectivity index (χ0v) is 12.0. The number of benzene rings is 1. The summed E-state index contributed by atoms with van der Waals surface area (Å²) < 4.78 is 18.7. The van der Waals surface area contributed by atoms with Gasteiger partial charge in [-0.05, 0) is 43.2 Å². The van der Waals surface area contributed by atoms with E-state index in [1.54, 1.807) is 23.2 Å². The number of carbonyl (C=O) groups excluding carboxylic acids is 1. The van der Waals surface area contributed by atoms with Gasteiger partial charge >= 0.3 is 0 Å². The average molecular weight is 301 g/mol. The van der Waals surface area contributed by atoms with Crippen LogP contribution >= 0.6 is 0 Å². The van der Waals surface area contributed by atoms with E-state index in [2.05, 4.69) is 10.2 Å². The topological polar surface area (TPSA) is 55.3 Å².